The molecule has 2 atom stereocenters. The first kappa shape index (κ1) is 42.8. The van der Waals surface area contributed by atoms with Gasteiger partial charge in [0.05, 0.1) is 13.2 Å². The number of hydrogen-bond donors (Lipinski definition) is 4. The van der Waals surface area contributed by atoms with Crippen LogP contribution in [0.15, 0.2) is 0 Å². The summed E-state index contributed by atoms with van der Waals surface area (Å²) in [4.78, 5) is 47.2. The third kappa shape index (κ3) is 29.0. The molecule has 0 saturated carbocycles. The third-order valence-electron chi connectivity index (χ3n) is 8.35. The standard InChI is InChI=1S/C36H68N2O7/c1-3-5-7-9-11-13-14-17-21-25-31(45-35(42)28-24-20-15-12-10-8-6-4-2)26-22-18-16-19-23-27-33(40)37-29-34(41)38-32(30-39)36(43)44/h31-32,39H,3-30H2,1-2H3,(H,37,40)(H,38,41)(H,43,44). The van der Waals surface area contributed by atoms with Gasteiger partial charge in [0.15, 0.2) is 0 Å². The minimum atomic E-state index is -1.38. The number of hydrogen-bond acceptors (Lipinski definition) is 6. The first-order chi connectivity index (χ1) is 21.8. The van der Waals surface area contributed by atoms with Crippen molar-refractivity contribution in [2.45, 2.75) is 193 Å². The van der Waals surface area contributed by atoms with Gasteiger partial charge in [-0.15, -0.1) is 0 Å². The first-order valence-electron chi connectivity index (χ1n) is 18.4. The highest BCUT2D eigenvalue weighted by Gasteiger charge is 2.19. The van der Waals surface area contributed by atoms with Crippen molar-refractivity contribution >= 4 is 23.8 Å². The molecule has 45 heavy (non-hydrogen) atoms. The Kier molecular flexibility index (Phi) is 30.3. The van der Waals surface area contributed by atoms with Gasteiger partial charge in [0.1, 0.15) is 12.1 Å². The summed E-state index contributed by atoms with van der Waals surface area (Å²) in [5.41, 5.74) is 0. The molecule has 0 rings (SSSR count). The van der Waals surface area contributed by atoms with Crippen LogP contribution in [-0.4, -0.2) is 59.3 Å². The van der Waals surface area contributed by atoms with Crippen LogP contribution in [0.3, 0.4) is 0 Å². The molecule has 9 nitrogen and oxygen atoms in total. The topological polar surface area (TPSA) is 142 Å². The number of aliphatic hydroxyl groups excluding tert-OH is 1. The molecule has 0 heterocycles. The second-order valence-corrected chi connectivity index (χ2v) is 12.7. The van der Waals surface area contributed by atoms with Gasteiger partial charge in [-0.25, -0.2) is 4.79 Å². The molecule has 0 aliphatic carbocycles. The van der Waals surface area contributed by atoms with Crippen LogP contribution in [0, 0.1) is 0 Å². The third-order valence-corrected chi connectivity index (χ3v) is 8.35. The van der Waals surface area contributed by atoms with Gasteiger partial charge in [0, 0.05) is 12.8 Å². The van der Waals surface area contributed by atoms with Gasteiger partial charge in [-0.3, -0.25) is 14.4 Å². The van der Waals surface area contributed by atoms with Crippen LogP contribution in [-0.2, 0) is 23.9 Å². The smallest absolute Gasteiger partial charge is 0.328 e. The summed E-state index contributed by atoms with van der Waals surface area (Å²) < 4.78 is 5.96. The molecule has 264 valence electrons. The molecule has 0 aromatic rings. The maximum atomic E-state index is 12.6. The second kappa shape index (κ2) is 31.8. The largest absolute Gasteiger partial charge is 0.480 e. The molecule has 2 amide bonds. The van der Waals surface area contributed by atoms with Crippen molar-refractivity contribution in [1.29, 1.82) is 0 Å². The molecule has 0 radical (unpaired) electrons. The quantitative estimate of drug-likeness (QED) is 0.0424. The van der Waals surface area contributed by atoms with E-state index in [2.05, 4.69) is 24.5 Å². The molecule has 9 heteroatoms. The lowest BCUT2D eigenvalue weighted by Gasteiger charge is -2.18. The van der Waals surface area contributed by atoms with Gasteiger partial charge in [-0.1, -0.05) is 129 Å². The van der Waals surface area contributed by atoms with E-state index in [9.17, 15) is 19.2 Å². The maximum Gasteiger partial charge on any atom is 0.328 e. The van der Waals surface area contributed by atoms with Crippen LogP contribution < -0.4 is 10.6 Å². The van der Waals surface area contributed by atoms with Crippen molar-refractivity contribution in [2.24, 2.45) is 0 Å². The number of unbranched alkanes of at least 4 members (excludes halogenated alkanes) is 19. The van der Waals surface area contributed by atoms with Gasteiger partial charge in [-0.05, 0) is 38.5 Å². The monoisotopic (exact) mass is 641 g/mol. The van der Waals surface area contributed by atoms with Gasteiger partial charge in [-0.2, -0.15) is 0 Å². The highest BCUT2D eigenvalue weighted by atomic mass is 16.5. The number of carbonyl (C=O) groups is 4. The molecule has 4 N–H and O–H groups in total. The van der Waals surface area contributed by atoms with E-state index in [1.807, 2.05) is 0 Å². The molecule has 0 fully saturated rings. The molecule has 0 bridgehead atoms. The summed E-state index contributed by atoms with van der Waals surface area (Å²) in [6.07, 6.45) is 28.4. The molecule has 0 aromatic carbocycles. The first-order valence-corrected chi connectivity index (χ1v) is 18.4. The fourth-order valence-corrected chi connectivity index (χ4v) is 5.48. The Morgan fingerprint density at radius 3 is 1.44 bits per heavy atom. The van der Waals surface area contributed by atoms with Crippen LogP contribution in [0.25, 0.3) is 0 Å². The Morgan fingerprint density at radius 2 is 1.00 bits per heavy atom. The summed E-state index contributed by atoms with van der Waals surface area (Å²) in [6, 6.07) is -1.38. The molecule has 0 aliphatic rings. The van der Waals surface area contributed by atoms with Gasteiger partial charge in [0.2, 0.25) is 11.8 Å². The lowest BCUT2D eigenvalue weighted by Crippen LogP contribution is -2.47. The summed E-state index contributed by atoms with van der Waals surface area (Å²) >= 11 is 0. The van der Waals surface area contributed by atoms with Crippen molar-refractivity contribution in [3.8, 4) is 0 Å². The number of carboxylic acid groups (broad SMARTS) is 1. The van der Waals surface area contributed by atoms with E-state index in [4.69, 9.17) is 14.9 Å². The van der Waals surface area contributed by atoms with Crippen LogP contribution >= 0.6 is 0 Å². The Hall–Kier alpha value is -2.16. The SMILES string of the molecule is CCCCCCCCCCCC(CCCCCCCC(=O)NCC(=O)NC(CO)C(=O)O)OC(=O)CCCCCCCCCC. The average Bonchev–Trinajstić information content (AvgIpc) is 3.02. The van der Waals surface area contributed by atoms with E-state index >= 15 is 0 Å². The van der Waals surface area contributed by atoms with E-state index in [1.54, 1.807) is 0 Å². The molecular formula is C36H68N2O7. The van der Waals surface area contributed by atoms with Gasteiger partial charge < -0.3 is 25.6 Å². The van der Waals surface area contributed by atoms with Crippen LogP contribution in [0.2, 0.25) is 0 Å². The lowest BCUT2D eigenvalue weighted by molar-refractivity contribution is -0.150. The Morgan fingerprint density at radius 1 is 0.578 bits per heavy atom. The minimum Gasteiger partial charge on any atom is -0.480 e. The van der Waals surface area contributed by atoms with Crippen molar-refractivity contribution in [3.05, 3.63) is 0 Å². The number of aliphatic carboxylic acids is 1. The van der Waals surface area contributed by atoms with Gasteiger partial charge in [0.25, 0.3) is 0 Å². The highest BCUT2D eigenvalue weighted by Crippen LogP contribution is 2.19. The van der Waals surface area contributed by atoms with Gasteiger partial charge >= 0.3 is 11.9 Å². The Labute approximate surface area is 274 Å². The number of amides is 2. The normalized spacial score (nSPS) is 12.4. The van der Waals surface area contributed by atoms with Crippen LogP contribution in [0.4, 0.5) is 0 Å². The zero-order valence-electron chi connectivity index (χ0n) is 28.9. The molecule has 0 spiro atoms. The molecule has 0 aromatic heterocycles. The fraction of sp³-hybridized carbons (Fsp3) is 0.889. The summed E-state index contributed by atoms with van der Waals surface area (Å²) in [5.74, 6) is -2.29. The predicted octanol–water partition coefficient (Wildman–Crippen LogP) is 7.76. The second-order valence-electron chi connectivity index (χ2n) is 12.7. The zero-order valence-corrected chi connectivity index (χ0v) is 28.9. The van der Waals surface area contributed by atoms with Crippen molar-refractivity contribution in [1.82, 2.24) is 10.6 Å². The molecular weight excluding hydrogens is 572 g/mol. The zero-order chi connectivity index (χ0) is 33.4. The Balaban J connectivity index is 4.23. The van der Waals surface area contributed by atoms with Crippen LogP contribution in [0.1, 0.15) is 181 Å². The summed E-state index contributed by atoms with van der Waals surface area (Å²) in [5, 5.41) is 22.5. The number of nitrogens with one attached hydrogen (secondary N) is 2. The van der Waals surface area contributed by atoms with E-state index in [0.29, 0.717) is 19.3 Å². The van der Waals surface area contributed by atoms with Crippen molar-refractivity contribution < 1.29 is 34.1 Å². The maximum absolute atomic E-state index is 12.6. The average molecular weight is 641 g/mol. The van der Waals surface area contributed by atoms with E-state index < -0.39 is 24.5 Å². The van der Waals surface area contributed by atoms with E-state index in [1.165, 1.54) is 89.9 Å². The summed E-state index contributed by atoms with van der Waals surface area (Å²) in [6.45, 7) is 3.45. The Bertz CT molecular complexity index is 747. The summed E-state index contributed by atoms with van der Waals surface area (Å²) in [7, 11) is 0. The minimum absolute atomic E-state index is 0.000389. The number of esters is 1. The molecule has 0 aliphatic heterocycles. The number of aliphatic hydroxyl groups is 1. The number of carbonyl (C=O) groups excluding carboxylic acids is 3. The predicted molar refractivity (Wildman–Crippen MR) is 181 cm³/mol. The van der Waals surface area contributed by atoms with Crippen molar-refractivity contribution in [3.63, 3.8) is 0 Å². The van der Waals surface area contributed by atoms with E-state index in [-0.39, 0.29) is 24.5 Å². The van der Waals surface area contributed by atoms with E-state index in [0.717, 1.165) is 57.8 Å². The number of ether oxygens (including phenoxy) is 1. The molecule has 2 unspecified atom stereocenters. The molecule has 0 saturated heterocycles. The number of rotatable bonds is 33. The fourth-order valence-electron chi connectivity index (χ4n) is 5.48. The lowest BCUT2D eigenvalue weighted by atomic mass is 10.0. The highest BCUT2D eigenvalue weighted by molar-refractivity contribution is 5.87. The number of carboxylic acids is 1. The van der Waals surface area contributed by atoms with Crippen molar-refractivity contribution in [2.75, 3.05) is 13.2 Å². The van der Waals surface area contributed by atoms with Crippen LogP contribution in [0.5, 0.6) is 0 Å².